The van der Waals surface area contributed by atoms with Crippen LogP contribution in [0, 0.1) is 27.7 Å². The number of anilines is 2. The lowest BCUT2D eigenvalue weighted by Gasteiger charge is -2.24. The molecule has 0 aliphatic carbocycles. The minimum atomic E-state index is 0.834. The van der Waals surface area contributed by atoms with Crippen LogP contribution in [0.5, 0.6) is 0 Å². The van der Waals surface area contributed by atoms with Crippen molar-refractivity contribution in [2.24, 2.45) is 0 Å². The summed E-state index contributed by atoms with van der Waals surface area (Å²) >= 11 is 0. The van der Waals surface area contributed by atoms with Crippen LogP contribution < -0.4 is 10.6 Å². The molecule has 2 aromatic rings. The largest absolute Gasteiger partial charge is 0.397 e. The highest BCUT2D eigenvalue weighted by Crippen LogP contribution is 2.26. The predicted octanol–water partition coefficient (Wildman–Crippen LogP) is 4.14. The van der Waals surface area contributed by atoms with Crippen LogP contribution >= 0.6 is 0 Å². The molecule has 106 valence electrons. The van der Waals surface area contributed by atoms with E-state index in [1.165, 1.54) is 27.8 Å². The monoisotopic (exact) mass is 268 g/mol. The van der Waals surface area contributed by atoms with Crippen LogP contribution in [0.15, 0.2) is 30.3 Å². The molecule has 2 nitrogen and oxygen atoms in total. The molecule has 0 unspecified atom stereocenters. The Morgan fingerprint density at radius 3 is 2.10 bits per heavy atom. The molecule has 0 radical (unpaired) electrons. The lowest BCUT2D eigenvalue weighted by Crippen LogP contribution is -2.19. The maximum absolute atomic E-state index is 6.10. The zero-order valence-electron chi connectivity index (χ0n) is 13.1. The third-order valence-electron chi connectivity index (χ3n) is 3.83. The predicted molar refractivity (Wildman–Crippen MR) is 88.4 cm³/mol. The van der Waals surface area contributed by atoms with E-state index in [9.17, 15) is 0 Å². The van der Waals surface area contributed by atoms with E-state index in [2.05, 4.69) is 63.9 Å². The van der Waals surface area contributed by atoms with Gasteiger partial charge in [-0.25, -0.2) is 0 Å². The van der Waals surface area contributed by atoms with Crippen molar-refractivity contribution in [1.82, 2.24) is 0 Å². The number of rotatable bonds is 3. The summed E-state index contributed by atoms with van der Waals surface area (Å²) in [7, 11) is 2.10. The van der Waals surface area contributed by atoms with E-state index >= 15 is 0 Å². The number of hydrogen-bond donors (Lipinski definition) is 1. The fraction of sp³-hybridized carbons (Fsp3) is 0.333. The van der Waals surface area contributed by atoms with E-state index in [4.69, 9.17) is 5.73 Å². The Bertz CT molecular complexity index is 606. The molecule has 0 aromatic heterocycles. The number of hydrogen-bond acceptors (Lipinski definition) is 2. The molecule has 0 saturated heterocycles. The van der Waals surface area contributed by atoms with Gasteiger partial charge in [-0.2, -0.15) is 0 Å². The van der Waals surface area contributed by atoms with E-state index in [1.54, 1.807) is 0 Å². The number of nitrogens with zero attached hydrogens (tertiary/aromatic N) is 1. The van der Waals surface area contributed by atoms with Gasteiger partial charge < -0.3 is 10.6 Å². The zero-order chi connectivity index (χ0) is 14.9. The molecule has 0 spiro atoms. The number of aryl methyl sites for hydroxylation is 4. The molecule has 0 aliphatic rings. The van der Waals surface area contributed by atoms with Gasteiger partial charge in [0, 0.05) is 13.6 Å². The zero-order valence-corrected chi connectivity index (χ0v) is 13.1. The summed E-state index contributed by atoms with van der Waals surface area (Å²) in [6.07, 6.45) is 0. The topological polar surface area (TPSA) is 29.3 Å². The molecule has 2 aromatic carbocycles. The molecular formula is C18H24N2. The summed E-state index contributed by atoms with van der Waals surface area (Å²) in [5.41, 5.74) is 14.7. The van der Waals surface area contributed by atoms with Gasteiger partial charge in [0.2, 0.25) is 0 Å². The van der Waals surface area contributed by atoms with Gasteiger partial charge in [0.1, 0.15) is 0 Å². The Hall–Kier alpha value is -1.96. The van der Waals surface area contributed by atoms with Gasteiger partial charge in [0.05, 0.1) is 11.4 Å². The normalized spacial score (nSPS) is 10.7. The molecule has 0 heterocycles. The van der Waals surface area contributed by atoms with Gasteiger partial charge in [-0.15, -0.1) is 0 Å². The highest BCUT2D eigenvalue weighted by atomic mass is 15.1. The molecule has 0 fully saturated rings. The first-order chi connectivity index (χ1) is 9.38. The molecule has 0 atom stereocenters. The van der Waals surface area contributed by atoms with Crippen molar-refractivity contribution in [3.8, 4) is 0 Å². The second-order valence-corrected chi connectivity index (χ2v) is 5.80. The first-order valence-corrected chi connectivity index (χ1v) is 7.02. The number of nitrogens with two attached hydrogens (primary N) is 1. The van der Waals surface area contributed by atoms with Crippen LogP contribution in [0.3, 0.4) is 0 Å². The maximum atomic E-state index is 6.10. The van der Waals surface area contributed by atoms with Crippen LogP contribution in [0.4, 0.5) is 11.4 Å². The lowest BCUT2D eigenvalue weighted by atomic mass is 9.99. The van der Waals surface area contributed by atoms with Gasteiger partial charge in [0.25, 0.3) is 0 Å². The van der Waals surface area contributed by atoms with Crippen LogP contribution in [-0.4, -0.2) is 7.05 Å². The Kier molecular flexibility index (Phi) is 4.03. The molecular weight excluding hydrogens is 244 g/mol. The summed E-state index contributed by atoms with van der Waals surface area (Å²) < 4.78 is 0. The minimum absolute atomic E-state index is 0.834. The second-order valence-electron chi connectivity index (χ2n) is 5.80. The lowest BCUT2D eigenvalue weighted by molar-refractivity contribution is 0.904. The van der Waals surface area contributed by atoms with Gasteiger partial charge in [-0.3, -0.25) is 0 Å². The molecule has 2 rings (SSSR count). The van der Waals surface area contributed by atoms with Crippen molar-refractivity contribution in [2.45, 2.75) is 34.2 Å². The highest BCUT2D eigenvalue weighted by molar-refractivity contribution is 5.68. The van der Waals surface area contributed by atoms with Gasteiger partial charge in [0.15, 0.2) is 0 Å². The van der Waals surface area contributed by atoms with Crippen molar-refractivity contribution < 1.29 is 0 Å². The third-order valence-corrected chi connectivity index (χ3v) is 3.83. The van der Waals surface area contributed by atoms with Crippen LogP contribution in [0.2, 0.25) is 0 Å². The molecule has 0 saturated carbocycles. The Balaban J connectivity index is 2.32. The van der Waals surface area contributed by atoms with Crippen molar-refractivity contribution in [1.29, 1.82) is 0 Å². The fourth-order valence-electron chi connectivity index (χ4n) is 2.77. The van der Waals surface area contributed by atoms with E-state index in [1.807, 2.05) is 6.07 Å². The summed E-state index contributed by atoms with van der Waals surface area (Å²) in [4.78, 5) is 2.23. The van der Waals surface area contributed by atoms with E-state index in [0.717, 1.165) is 17.9 Å². The molecule has 0 bridgehead atoms. The molecule has 20 heavy (non-hydrogen) atoms. The molecule has 0 amide bonds. The summed E-state index contributed by atoms with van der Waals surface area (Å²) in [5.74, 6) is 0. The van der Waals surface area contributed by atoms with Crippen molar-refractivity contribution in [3.05, 3.63) is 58.1 Å². The van der Waals surface area contributed by atoms with E-state index in [-0.39, 0.29) is 0 Å². The van der Waals surface area contributed by atoms with Crippen molar-refractivity contribution in [2.75, 3.05) is 17.7 Å². The summed E-state index contributed by atoms with van der Waals surface area (Å²) in [5, 5.41) is 0. The van der Waals surface area contributed by atoms with Crippen molar-refractivity contribution in [3.63, 3.8) is 0 Å². The summed E-state index contributed by atoms with van der Waals surface area (Å²) in [6, 6.07) is 10.7. The second kappa shape index (κ2) is 5.58. The minimum Gasteiger partial charge on any atom is -0.397 e. The van der Waals surface area contributed by atoms with Crippen LogP contribution in [-0.2, 0) is 6.54 Å². The van der Waals surface area contributed by atoms with E-state index < -0.39 is 0 Å². The fourth-order valence-corrected chi connectivity index (χ4v) is 2.77. The highest BCUT2D eigenvalue weighted by Gasteiger charge is 2.10. The Morgan fingerprint density at radius 1 is 0.900 bits per heavy atom. The Labute approximate surface area is 122 Å². The first-order valence-electron chi connectivity index (χ1n) is 7.02. The third kappa shape index (κ3) is 2.96. The van der Waals surface area contributed by atoms with Gasteiger partial charge in [-0.1, -0.05) is 23.8 Å². The molecule has 0 aliphatic heterocycles. The number of benzene rings is 2. The first kappa shape index (κ1) is 14.4. The summed E-state index contributed by atoms with van der Waals surface area (Å²) in [6.45, 7) is 9.49. The Morgan fingerprint density at radius 2 is 1.50 bits per heavy atom. The molecule has 2 N–H and O–H groups in total. The average Bonchev–Trinajstić information content (AvgIpc) is 2.36. The van der Waals surface area contributed by atoms with E-state index in [0.29, 0.717) is 0 Å². The quantitative estimate of drug-likeness (QED) is 0.848. The van der Waals surface area contributed by atoms with Crippen LogP contribution in [0.25, 0.3) is 0 Å². The van der Waals surface area contributed by atoms with Crippen LogP contribution in [0.1, 0.15) is 27.8 Å². The maximum Gasteiger partial charge on any atom is 0.0603 e. The smallest absolute Gasteiger partial charge is 0.0603 e. The van der Waals surface area contributed by atoms with Gasteiger partial charge >= 0.3 is 0 Å². The van der Waals surface area contributed by atoms with Crippen molar-refractivity contribution >= 4 is 11.4 Å². The number of nitrogen functional groups attached to an aromatic ring is 1. The average molecular weight is 268 g/mol. The van der Waals surface area contributed by atoms with Gasteiger partial charge in [-0.05, 0) is 62.1 Å². The standard InChI is InChI=1S/C18H24N2/c1-12-6-7-17(19)18(10-12)20(5)11-16-14(3)8-13(2)9-15(16)4/h6-10H,11,19H2,1-5H3. The SMILES string of the molecule is Cc1cc(C)c(CN(C)c2cc(C)ccc2N)c(C)c1. The molecule has 2 heteroatoms.